The van der Waals surface area contributed by atoms with Crippen LogP contribution in [0.4, 0.5) is 0 Å². The quantitative estimate of drug-likeness (QED) is 0.382. The second-order valence-electron chi connectivity index (χ2n) is 3.97. The van der Waals surface area contributed by atoms with Gasteiger partial charge in [0.05, 0.1) is 0 Å². The fourth-order valence-corrected chi connectivity index (χ4v) is 0.660. The molecule has 3 heteroatoms. The predicted molar refractivity (Wildman–Crippen MR) is 50.3 cm³/mol. The number of carbonyl (C=O) groups is 2. The maximum Gasteiger partial charge on any atom is 0.314 e. The third kappa shape index (κ3) is 6.08. The zero-order chi connectivity index (χ0) is 10.6. The van der Waals surface area contributed by atoms with Crippen LogP contribution in [0.2, 0.25) is 0 Å². The lowest BCUT2D eigenvalue weighted by Gasteiger charge is -2.19. The minimum atomic E-state index is -0.535. The van der Waals surface area contributed by atoms with Crippen molar-refractivity contribution in [2.45, 2.75) is 39.7 Å². The first-order valence-corrected chi connectivity index (χ1v) is 4.13. The van der Waals surface area contributed by atoms with Crippen molar-refractivity contribution in [1.82, 2.24) is 0 Å². The van der Waals surface area contributed by atoms with Gasteiger partial charge in [0.25, 0.3) is 0 Å². The molecule has 0 bridgehead atoms. The molecule has 0 N–H and O–H groups in total. The number of ether oxygens (including phenoxy) is 1. The van der Waals surface area contributed by atoms with E-state index in [1.54, 1.807) is 27.7 Å². The van der Waals surface area contributed by atoms with E-state index in [2.05, 4.69) is 6.58 Å². The Bertz CT molecular complexity index is 233. The molecule has 0 fully saturated rings. The van der Waals surface area contributed by atoms with E-state index in [1.807, 2.05) is 0 Å². The summed E-state index contributed by atoms with van der Waals surface area (Å²) in [5, 5.41) is 0. The van der Waals surface area contributed by atoms with Gasteiger partial charge in [-0.1, -0.05) is 6.58 Å². The summed E-state index contributed by atoms with van der Waals surface area (Å²) < 4.78 is 4.96. The summed E-state index contributed by atoms with van der Waals surface area (Å²) >= 11 is 0. The fraction of sp³-hybridized carbons (Fsp3) is 0.600. The molecule has 0 radical (unpaired) electrons. The lowest BCUT2D eigenvalue weighted by molar-refractivity contribution is -0.155. The van der Waals surface area contributed by atoms with Crippen LogP contribution in [0.15, 0.2) is 12.2 Å². The Morgan fingerprint density at radius 1 is 1.31 bits per heavy atom. The molecule has 0 saturated carbocycles. The summed E-state index contributed by atoms with van der Waals surface area (Å²) in [5.41, 5.74) is -0.155. The van der Waals surface area contributed by atoms with E-state index >= 15 is 0 Å². The molecule has 0 atom stereocenters. The van der Waals surface area contributed by atoms with Crippen LogP contribution in [-0.4, -0.2) is 17.4 Å². The summed E-state index contributed by atoms with van der Waals surface area (Å²) in [4.78, 5) is 22.1. The zero-order valence-electron chi connectivity index (χ0n) is 8.64. The number of hydrogen-bond acceptors (Lipinski definition) is 3. The van der Waals surface area contributed by atoms with E-state index in [4.69, 9.17) is 4.74 Å². The van der Waals surface area contributed by atoms with Gasteiger partial charge in [-0.3, -0.25) is 9.59 Å². The van der Waals surface area contributed by atoms with Gasteiger partial charge in [0, 0.05) is 0 Å². The van der Waals surface area contributed by atoms with E-state index in [9.17, 15) is 9.59 Å². The van der Waals surface area contributed by atoms with Gasteiger partial charge in [0.15, 0.2) is 5.78 Å². The first kappa shape index (κ1) is 11.9. The van der Waals surface area contributed by atoms with Crippen molar-refractivity contribution in [3.8, 4) is 0 Å². The fourth-order valence-electron chi connectivity index (χ4n) is 0.660. The molecule has 0 amide bonds. The first-order chi connectivity index (χ1) is 5.72. The average Bonchev–Trinajstić information content (AvgIpc) is 1.81. The van der Waals surface area contributed by atoms with Gasteiger partial charge >= 0.3 is 5.97 Å². The van der Waals surface area contributed by atoms with Crippen molar-refractivity contribution in [1.29, 1.82) is 0 Å². The molecule has 3 nitrogen and oxygen atoms in total. The molecule has 0 aliphatic heterocycles. The van der Waals surface area contributed by atoms with E-state index in [-0.39, 0.29) is 12.2 Å². The number of rotatable bonds is 3. The van der Waals surface area contributed by atoms with Gasteiger partial charge in [-0.25, -0.2) is 0 Å². The molecule has 13 heavy (non-hydrogen) atoms. The summed E-state index contributed by atoms with van der Waals surface area (Å²) in [6.45, 7) is 10.3. The highest BCUT2D eigenvalue weighted by Gasteiger charge is 2.18. The summed E-state index contributed by atoms with van der Waals surface area (Å²) in [7, 11) is 0. The van der Waals surface area contributed by atoms with Crippen molar-refractivity contribution >= 4 is 11.8 Å². The van der Waals surface area contributed by atoms with Crippen LogP contribution in [0.25, 0.3) is 0 Å². The van der Waals surface area contributed by atoms with Crippen LogP contribution in [0.1, 0.15) is 34.1 Å². The van der Waals surface area contributed by atoms with Crippen LogP contribution in [0.5, 0.6) is 0 Å². The Labute approximate surface area is 78.8 Å². The highest BCUT2D eigenvalue weighted by atomic mass is 16.6. The van der Waals surface area contributed by atoms with Crippen LogP contribution < -0.4 is 0 Å². The Morgan fingerprint density at radius 3 is 2.08 bits per heavy atom. The number of allylic oxidation sites excluding steroid dienone is 1. The van der Waals surface area contributed by atoms with Gasteiger partial charge in [0.1, 0.15) is 12.0 Å². The van der Waals surface area contributed by atoms with E-state index in [0.717, 1.165) is 0 Å². The highest BCUT2D eigenvalue weighted by molar-refractivity contribution is 6.04. The summed E-state index contributed by atoms with van der Waals surface area (Å²) in [5.74, 6) is -0.769. The minimum absolute atomic E-state index is 0.216. The lowest BCUT2D eigenvalue weighted by atomic mass is 10.1. The van der Waals surface area contributed by atoms with Crippen molar-refractivity contribution in [2.75, 3.05) is 0 Å². The van der Waals surface area contributed by atoms with Gasteiger partial charge in [-0.2, -0.15) is 0 Å². The minimum Gasteiger partial charge on any atom is -0.460 e. The molecule has 0 aliphatic rings. The molecule has 74 valence electrons. The Kier molecular flexibility index (Phi) is 3.85. The number of Topliss-reactive ketones (excluding diaryl/α,β-unsaturated/α-hetero) is 1. The molecule has 0 aliphatic carbocycles. The SMILES string of the molecule is C=C(C)C(=O)CC(=O)OC(C)(C)C. The highest BCUT2D eigenvalue weighted by Crippen LogP contribution is 2.09. The molecule has 0 aromatic carbocycles. The topological polar surface area (TPSA) is 43.4 Å². The Balaban J connectivity index is 4.04. The molecule has 0 unspecified atom stereocenters. The first-order valence-electron chi connectivity index (χ1n) is 4.13. The Morgan fingerprint density at radius 2 is 1.77 bits per heavy atom. The zero-order valence-corrected chi connectivity index (χ0v) is 8.64. The lowest BCUT2D eigenvalue weighted by Crippen LogP contribution is -2.25. The molecule has 0 saturated heterocycles. The van der Waals surface area contributed by atoms with Gasteiger partial charge in [-0.15, -0.1) is 0 Å². The molecule has 0 rings (SSSR count). The maximum atomic E-state index is 11.1. The monoisotopic (exact) mass is 184 g/mol. The van der Waals surface area contributed by atoms with E-state index in [0.29, 0.717) is 5.57 Å². The Hall–Kier alpha value is -1.12. The number of carbonyl (C=O) groups excluding carboxylic acids is 2. The van der Waals surface area contributed by atoms with Gasteiger partial charge in [0.2, 0.25) is 0 Å². The maximum absolute atomic E-state index is 11.1. The van der Waals surface area contributed by atoms with Crippen LogP contribution >= 0.6 is 0 Å². The summed E-state index contributed by atoms with van der Waals surface area (Å²) in [6.07, 6.45) is -0.216. The van der Waals surface area contributed by atoms with Crippen LogP contribution in [-0.2, 0) is 14.3 Å². The van der Waals surface area contributed by atoms with Crippen molar-refractivity contribution < 1.29 is 14.3 Å². The molecule has 0 aromatic rings. The average molecular weight is 184 g/mol. The largest absolute Gasteiger partial charge is 0.460 e. The third-order valence-corrected chi connectivity index (χ3v) is 1.20. The smallest absolute Gasteiger partial charge is 0.314 e. The van der Waals surface area contributed by atoms with Crippen LogP contribution in [0, 0.1) is 0 Å². The summed E-state index contributed by atoms with van der Waals surface area (Å²) in [6, 6.07) is 0. The second kappa shape index (κ2) is 4.21. The normalized spacial score (nSPS) is 10.8. The molecular weight excluding hydrogens is 168 g/mol. The van der Waals surface area contributed by atoms with Gasteiger partial charge in [-0.05, 0) is 33.3 Å². The van der Waals surface area contributed by atoms with Crippen molar-refractivity contribution in [2.24, 2.45) is 0 Å². The van der Waals surface area contributed by atoms with Crippen molar-refractivity contribution in [3.63, 3.8) is 0 Å². The predicted octanol–water partition coefficient (Wildman–Crippen LogP) is 1.86. The van der Waals surface area contributed by atoms with Crippen LogP contribution in [0.3, 0.4) is 0 Å². The second-order valence-corrected chi connectivity index (χ2v) is 3.97. The molecule has 0 spiro atoms. The number of esters is 1. The van der Waals surface area contributed by atoms with E-state index in [1.165, 1.54) is 0 Å². The van der Waals surface area contributed by atoms with E-state index < -0.39 is 11.6 Å². The number of ketones is 1. The standard InChI is InChI=1S/C10H16O3/c1-7(2)8(11)6-9(12)13-10(3,4)5/h1,6H2,2-5H3. The van der Waals surface area contributed by atoms with Crippen molar-refractivity contribution in [3.05, 3.63) is 12.2 Å². The molecular formula is C10H16O3. The molecule has 0 aromatic heterocycles. The molecule has 0 heterocycles. The van der Waals surface area contributed by atoms with Gasteiger partial charge < -0.3 is 4.74 Å². The number of hydrogen-bond donors (Lipinski definition) is 0. The third-order valence-electron chi connectivity index (χ3n) is 1.20.